The van der Waals surface area contributed by atoms with Crippen LogP contribution in [-0.2, 0) is 0 Å². The molecule has 0 aromatic heterocycles. The number of hydrogen-bond donors (Lipinski definition) is 1. The molecule has 0 aliphatic rings. The summed E-state index contributed by atoms with van der Waals surface area (Å²) in [6.45, 7) is 0. The van der Waals surface area contributed by atoms with Crippen LogP contribution in [0.5, 0.6) is 0 Å². The van der Waals surface area contributed by atoms with E-state index in [9.17, 15) is 4.79 Å². The van der Waals surface area contributed by atoms with Gasteiger partial charge in [-0.1, -0.05) is 6.07 Å². The SMILES string of the molecule is Nc1cccc(I)c1C(=O)Cl. The Kier molecular flexibility index (Phi) is 2.72. The van der Waals surface area contributed by atoms with E-state index in [1.54, 1.807) is 18.2 Å². The van der Waals surface area contributed by atoms with E-state index in [0.29, 0.717) is 11.3 Å². The fourth-order valence-electron chi connectivity index (χ4n) is 0.748. The average molecular weight is 281 g/mol. The van der Waals surface area contributed by atoms with Crippen molar-refractivity contribution >= 4 is 45.1 Å². The number of benzene rings is 1. The van der Waals surface area contributed by atoms with Gasteiger partial charge >= 0.3 is 0 Å². The van der Waals surface area contributed by atoms with E-state index < -0.39 is 5.24 Å². The summed E-state index contributed by atoms with van der Waals surface area (Å²) >= 11 is 7.31. The standard InChI is InChI=1S/C7H5ClINO/c8-7(11)6-4(9)2-1-3-5(6)10/h1-3H,10H2. The van der Waals surface area contributed by atoms with Gasteiger partial charge in [0.1, 0.15) is 0 Å². The summed E-state index contributed by atoms with van der Waals surface area (Å²) in [5.41, 5.74) is 6.34. The molecule has 1 aromatic carbocycles. The normalized spacial score (nSPS) is 9.64. The number of carbonyl (C=O) groups is 1. The largest absolute Gasteiger partial charge is 0.398 e. The molecular formula is C7H5ClINO. The fraction of sp³-hybridized carbons (Fsp3) is 0. The van der Waals surface area contributed by atoms with Crippen LogP contribution in [0.15, 0.2) is 18.2 Å². The molecule has 11 heavy (non-hydrogen) atoms. The summed E-state index contributed by atoms with van der Waals surface area (Å²) in [6.07, 6.45) is 0. The third-order valence-corrected chi connectivity index (χ3v) is 2.33. The highest BCUT2D eigenvalue weighted by atomic mass is 127. The minimum atomic E-state index is -0.507. The van der Waals surface area contributed by atoms with Gasteiger partial charge in [-0.3, -0.25) is 4.79 Å². The van der Waals surface area contributed by atoms with Crippen molar-refractivity contribution in [2.75, 3.05) is 5.73 Å². The third-order valence-electron chi connectivity index (χ3n) is 1.24. The van der Waals surface area contributed by atoms with E-state index in [4.69, 9.17) is 17.3 Å². The van der Waals surface area contributed by atoms with Crippen LogP contribution in [0.25, 0.3) is 0 Å². The Morgan fingerprint density at radius 1 is 1.55 bits per heavy atom. The number of rotatable bonds is 1. The molecule has 0 bridgehead atoms. The van der Waals surface area contributed by atoms with Crippen molar-refractivity contribution < 1.29 is 4.79 Å². The van der Waals surface area contributed by atoms with E-state index in [2.05, 4.69) is 0 Å². The Morgan fingerprint density at radius 2 is 2.18 bits per heavy atom. The lowest BCUT2D eigenvalue weighted by atomic mass is 10.2. The molecule has 2 N–H and O–H groups in total. The Hall–Kier alpha value is -0.290. The van der Waals surface area contributed by atoms with Gasteiger partial charge in [0.05, 0.1) is 5.56 Å². The zero-order valence-electron chi connectivity index (χ0n) is 5.47. The number of halogens is 2. The molecular weight excluding hydrogens is 276 g/mol. The van der Waals surface area contributed by atoms with E-state index >= 15 is 0 Å². The number of carbonyl (C=O) groups excluding carboxylic acids is 1. The molecule has 0 atom stereocenters. The van der Waals surface area contributed by atoms with Crippen LogP contribution in [0.4, 0.5) is 5.69 Å². The zero-order chi connectivity index (χ0) is 8.43. The second-order valence-electron chi connectivity index (χ2n) is 1.98. The molecule has 58 valence electrons. The van der Waals surface area contributed by atoms with Crippen LogP contribution in [0.3, 0.4) is 0 Å². The highest BCUT2D eigenvalue weighted by molar-refractivity contribution is 14.1. The molecule has 0 saturated carbocycles. The first-order valence-electron chi connectivity index (χ1n) is 2.86. The quantitative estimate of drug-likeness (QED) is 0.487. The van der Waals surface area contributed by atoms with E-state index in [1.165, 1.54) is 0 Å². The summed E-state index contributed by atoms with van der Waals surface area (Å²) in [6, 6.07) is 5.21. The molecule has 1 rings (SSSR count). The van der Waals surface area contributed by atoms with E-state index in [0.717, 1.165) is 3.57 Å². The molecule has 4 heteroatoms. The molecule has 0 amide bonds. The molecule has 2 nitrogen and oxygen atoms in total. The van der Waals surface area contributed by atoms with Crippen LogP contribution in [0.1, 0.15) is 10.4 Å². The van der Waals surface area contributed by atoms with Gasteiger partial charge in [-0.15, -0.1) is 0 Å². The maximum atomic E-state index is 10.8. The lowest BCUT2D eigenvalue weighted by molar-refractivity contribution is 0.108. The summed E-state index contributed by atoms with van der Waals surface area (Å²) in [5.74, 6) is 0. The molecule has 0 radical (unpaired) electrons. The molecule has 0 aliphatic carbocycles. The molecule has 0 unspecified atom stereocenters. The van der Waals surface area contributed by atoms with Gasteiger partial charge < -0.3 is 5.73 Å². The van der Waals surface area contributed by atoms with Crippen molar-refractivity contribution in [2.45, 2.75) is 0 Å². The van der Waals surface area contributed by atoms with Gasteiger partial charge in [0.2, 0.25) is 0 Å². The van der Waals surface area contributed by atoms with Crippen LogP contribution >= 0.6 is 34.2 Å². The molecule has 0 spiro atoms. The Morgan fingerprint density at radius 3 is 2.55 bits per heavy atom. The number of hydrogen-bond acceptors (Lipinski definition) is 2. The number of anilines is 1. The van der Waals surface area contributed by atoms with Crippen LogP contribution in [0.2, 0.25) is 0 Å². The van der Waals surface area contributed by atoms with Gasteiger partial charge in [0.25, 0.3) is 5.24 Å². The maximum absolute atomic E-state index is 10.8. The second-order valence-corrected chi connectivity index (χ2v) is 3.48. The summed E-state index contributed by atoms with van der Waals surface area (Å²) in [5, 5.41) is -0.507. The zero-order valence-corrected chi connectivity index (χ0v) is 8.39. The number of nitrogen functional groups attached to an aromatic ring is 1. The minimum absolute atomic E-state index is 0.398. The van der Waals surface area contributed by atoms with Gasteiger partial charge in [0, 0.05) is 9.26 Å². The maximum Gasteiger partial charge on any atom is 0.255 e. The monoisotopic (exact) mass is 281 g/mol. The van der Waals surface area contributed by atoms with Gasteiger partial charge in [-0.2, -0.15) is 0 Å². The molecule has 0 aliphatic heterocycles. The third kappa shape index (κ3) is 1.84. The second kappa shape index (κ2) is 3.40. The first-order chi connectivity index (χ1) is 5.13. The summed E-state index contributed by atoms with van der Waals surface area (Å²) < 4.78 is 0.780. The molecule has 1 aromatic rings. The molecule has 0 saturated heterocycles. The highest BCUT2D eigenvalue weighted by Gasteiger charge is 2.09. The highest BCUT2D eigenvalue weighted by Crippen LogP contribution is 2.20. The van der Waals surface area contributed by atoms with Crippen molar-refractivity contribution in [1.82, 2.24) is 0 Å². The van der Waals surface area contributed by atoms with Gasteiger partial charge in [-0.05, 0) is 46.3 Å². The Labute approximate surface area is 82.9 Å². The molecule has 0 fully saturated rings. The fourth-order valence-corrected chi connectivity index (χ4v) is 1.88. The minimum Gasteiger partial charge on any atom is -0.398 e. The number of nitrogens with two attached hydrogens (primary N) is 1. The Bertz CT molecular complexity index is 280. The van der Waals surface area contributed by atoms with Crippen LogP contribution in [-0.4, -0.2) is 5.24 Å². The predicted octanol–water partition coefficient (Wildman–Crippen LogP) is 2.25. The lowest BCUT2D eigenvalue weighted by Crippen LogP contribution is -1.99. The predicted molar refractivity (Wildman–Crippen MR) is 53.8 cm³/mol. The summed E-state index contributed by atoms with van der Waals surface area (Å²) in [4.78, 5) is 10.8. The topological polar surface area (TPSA) is 43.1 Å². The lowest BCUT2D eigenvalue weighted by Gasteiger charge is -2.01. The van der Waals surface area contributed by atoms with Crippen molar-refractivity contribution in [3.63, 3.8) is 0 Å². The van der Waals surface area contributed by atoms with Gasteiger partial charge in [0.15, 0.2) is 0 Å². The van der Waals surface area contributed by atoms with Crippen molar-refractivity contribution in [2.24, 2.45) is 0 Å². The average Bonchev–Trinajstić information content (AvgIpc) is 1.85. The first kappa shape index (κ1) is 8.80. The van der Waals surface area contributed by atoms with Gasteiger partial charge in [-0.25, -0.2) is 0 Å². The van der Waals surface area contributed by atoms with Crippen molar-refractivity contribution in [1.29, 1.82) is 0 Å². The van der Waals surface area contributed by atoms with E-state index in [1.807, 2.05) is 22.6 Å². The summed E-state index contributed by atoms with van der Waals surface area (Å²) in [7, 11) is 0. The van der Waals surface area contributed by atoms with Crippen LogP contribution < -0.4 is 5.73 Å². The van der Waals surface area contributed by atoms with Crippen molar-refractivity contribution in [3.8, 4) is 0 Å². The van der Waals surface area contributed by atoms with Crippen LogP contribution in [0, 0.1) is 3.57 Å². The first-order valence-corrected chi connectivity index (χ1v) is 4.32. The Balaban J connectivity index is 3.32. The van der Waals surface area contributed by atoms with E-state index in [-0.39, 0.29) is 0 Å². The smallest absolute Gasteiger partial charge is 0.255 e. The molecule has 0 heterocycles. The van der Waals surface area contributed by atoms with Crippen molar-refractivity contribution in [3.05, 3.63) is 27.3 Å².